The maximum atomic E-state index is 12.2. The fraction of sp³-hybridized carbons (Fsp3) is 0.300. The van der Waals surface area contributed by atoms with Crippen LogP contribution in [0.25, 0.3) is 0 Å². The van der Waals surface area contributed by atoms with Crippen LogP contribution in [0.1, 0.15) is 43.5 Å². The summed E-state index contributed by atoms with van der Waals surface area (Å²) < 4.78 is 0. The number of rotatable bonds is 5. The molecule has 1 atom stereocenters. The van der Waals surface area contributed by atoms with Gasteiger partial charge in [-0.15, -0.1) is 0 Å². The predicted octanol–water partition coefficient (Wildman–Crippen LogP) is 4.40. The second-order valence-electron chi connectivity index (χ2n) is 6.13. The lowest BCUT2D eigenvalue weighted by molar-refractivity contribution is -0.114. The Bertz CT molecular complexity index is 754. The molecule has 2 rings (SSSR count). The lowest BCUT2D eigenvalue weighted by Crippen LogP contribution is -2.31. The number of carbonyl (C=O) groups is 2. The fourth-order valence-electron chi connectivity index (χ4n) is 2.51. The van der Waals surface area contributed by atoms with Gasteiger partial charge >= 0.3 is 6.03 Å². The summed E-state index contributed by atoms with van der Waals surface area (Å²) in [6.07, 6.45) is 0.993. The van der Waals surface area contributed by atoms with Gasteiger partial charge < -0.3 is 16.0 Å². The molecule has 1 unspecified atom stereocenters. The molecule has 2 aromatic rings. The Balaban J connectivity index is 2.00. The summed E-state index contributed by atoms with van der Waals surface area (Å²) in [5.74, 6) is -0.145. The SMILES string of the molecule is CCc1ccc(C(C)NC(=O)Nc2ccc(C)c(NC(C)=O)c2)cc1. The minimum absolute atomic E-state index is 0.105. The first-order chi connectivity index (χ1) is 11.9. The Kier molecular flexibility index (Phi) is 6.17. The lowest BCUT2D eigenvalue weighted by Gasteiger charge is -2.16. The molecule has 0 aliphatic heterocycles. The summed E-state index contributed by atoms with van der Waals surface area (Å²) in [6.45, 7) is 7.41. The van der Waals surface area contributed by atoms with Crippen LogP contribution in [0.5, 0.6) is 0 Å². The van der Waals surface area contributed by atoms with Gasteiger partial charge in [-0.1, -0.05) is 37.3 Å². The third-order valence-electron chi connectivity index (χ3n) is 4.04. The van der Waals surface area contributed by atoms with Gasteiger partial charge in [0.2, 0.25) is 5.91 Å². The van der Waals surface area contributed by atoms with Gasteiger partial charge in [0.05, 0.1) is 6.04 Å². The molecular formula is C20H25N3O2. The molecule has 5 heteroatoms. The molecule has 0 heterocycles. The molecule has 5 nitrogen and oxygen atoms in total. The number of aryl methyl sites for hydroxylation is 2. The lowest BCUT2D eigenvalue weighted by atomic mass is 10.1. The van der Waals surface area contributed by atoms with Crippen molar-refractivity contribution < 1.29 is 9.59 Å². The third kappa shape index (κ3) is 5.35. The van der Waals surface area contributed by atoms with Crippen LogP contribution in [-0.2, 0) is 11.2 Å². The molecule has 3 amide bonds. The molecule has 132 valence electrons. The zero-order chi connectivity index (χ0) is 18.4. The van der Waals surface area contributed by atoms with Crippen molar-refractivity contribution in [3.8, 4) is 0 Å². The molecule has 2 aromatic carbocycles. The van der Waals surface area contributed by atoms with E-state index < -0.39 is 0 Å². The highest BCUT2D eigenvalue weighted by molar-refractivity contribution is 5.93. The van der Waals surface area contributed by atoms with Crippen LogP contribution in [0.3, 0.4) is 0 Å². The molecule has 0 saturated heterocycles. The monoisotopic (exact) mass is 339 g/mol. The van der Waals surface area contributed by atoms with Gasteiger partial charge in [0.15, 0.2) is 0 Å². The quantitative estimate of drug-likeness (QED) is 0.755. The molecular weight excluding hydrogens is 314 g/mol. The summed E-state index contributed by atoms with van der Waals surface area (Å²) in [4.78, 5) is 23.5. The number of benzene rings is 2. The van der Waals surface area contributed by atoms with Gasteiger partial charge in [0.1, 0.15) is 0 Å². The predicted molar refractivity (Wildman–Crippen MR) is 102 cm³/mol. The number of nitrogens with one attached hydrogen (secondary N) is 3. The maximum Gasteiger partial charge on any atom is 0.319 e. The molecule has 0 fully saturated rings. The van der Waals surface area contributed by atoms with Crippen LogP contribution >= 0.6 is 0 Å². The summed E-state index contributed by atoms with van der Waals surface area (Å²) in [7, 11) is 0. The van der Waals surface area contributed by atoms with E-state index in [0.29, 0.717) is 11.4 Å². The first kappa shape index (κ1) is 18.5. The average molecular weight is 339 g/mol. The Labute approximate surface area is 148 Å². The van der Waals surface area contributed by atoms with E-state index in [4.69, 9.17) is 0 Å². The van der Waals surface area contributed by atoms with Crippen molar-refractivity contribution in [2.45, 2.75) is 40.2 Å². The smallest absolute Gasteiger partial charge is 0.319 e. The summed E-state index contributed by atoms with van der Waals surface area (Å²) >= 11 is 0. The van der Waals surface area contributed by atoms with Crippen LogP contribution in [0, 0.1) is 6.92 Å². The molecule has 0 radical (unpaired) electrons. The Morgan fingerprint density at radius 1 is 1.04 bits per heavy atom. The first-order valence-corrected chi connectivity index (χ1v) is 8.43. The van der Waals surface area contributed by atoms with Crippen molar-refractivity contribution >= 4 is 23.3 Å². The van der Waals surface area contributed by atoms with E-state index in [9.17, 15) is 9.59 Å². The number of carbonyl (C=O) groups excluding carboxylic acids is 2. The molecule has 0 aliphatic carbocycles. The number of anilines is 2. The van der Waals surface area contributed by atoms with Crippen LogP contribution in [0.2, 0.25) is 0 Å². The molecule has 3 N–H and O–H groups in total. The highest BCUT2D eigenvalue weighted by atomic mass is 16.2. The summed E-state index contributed by atoms with van der Waals surface area (Å²) in [6, 6.07) is 13.2. The van der Waals surface area contributed by atoms with Gasteiger partial charge in [0.25, 0.3) is 0 Å². The minimum Gasteiger partial charge on any atom is -0.331 e. The number of hydrogen-bond acceptors (Lipinski definition) is 2. The van der Waals surface area contributed by atoms with Crippen molar-refractivity contribution in [3.63, 3.8) is 0 Å². The second-order valence-corrected chi connectivity index (χ2v) is 6.13. The number of urea groups is 1. The normalized spacial score (nSPS) is 11.5. The molecule has 0 bridgehead atoms. The van der Waals surface area contributed by atoms with Crippen molar-refractivity contribution in [2.24, 2.45) is 0 Å². The van der Waals surface area contributed by atoms with Crippen molar-refractivity contribution in [1.82, 2.24) is 5.32 Å². The highest BCUT2D eigenvalue weighted by Gasteiger charge is 2.10. The molecule has 25 heavy (non-hydrogen) atoms. The van der Waals surface area contributed by atoms with E-state index >= 15 is 0 Å². The van der Waals surface area contributed by atoms with E-state index in [2.05, 4.69) is 35.0 Å². The third-order valence-corrected chi connectivity index (χ3v) is 4.04. The molecule has 0 aliphatic rings. The Morgan fingerprint density at radius 2 is 1.72 bits per heavy atom. The summed E-state index contributed by atoms with van der Waals surface area (Å²) in [5.41, 5.74) is 4.57. The van der Waals surface area contributed by atoms with Gasteiger partial charge in [-0.2, -0.15) is 0 Å². The van der Waals surface area contributed by atoms with Crippen molar-refractivity contribution in [3.05, 3.63) is 59.2 Å². The van der Waals surface area contributed by atoms with Gasteiger partial charge in [-0.25, -0.2) is 4.79 Å². The Hall–Kier alpha value is -2.82. The fourth-order valence-corrected chi connectivity index (χ4v) is 2.51. The first-order valence-electron chi connectivity index (χ1n) is 8.43. The minimum atomic E-state index is -0.287. The average Bonchev–Trinajstić information content (AvgIpc) is 2.57. The molecule has 0 spiro atoms. The highest BCUT2D eigenvalue weighted by Crippen LogP contribution is 2.20. The van der Waals surface area contributed by atoms with Crippen LogP contribution in [0.15, 0.2) is 42.5 Å². The number of hydrogen-bond donors (Lipinski definition) is 3. The molecule has 0 saturated carbocycles. The maximum absolute atomic E-state index is 12.2. The van der Waals surface area contributed by atoms with E-state index in [1.54, 1.807) is 12.1 Å². The van der Waals surface area contributed by atoms with Gasteiger partial charge in [-0.3, -0.25) is 4.79 Å². The second kappa shape index (κ2) is 8.33. The van der Waals surface area contributed by atoms with Crippen molar-refractivity contribution in [2.75, 3.05) is 10.6 Å². The molecule has 0 aromatic heterocycles. The van der Waals surface area contributed by atoms with Gasteiger partial charge in [0, 0.05) is 18.3 Å². The van der Waals surface area contributed by atoms with E-state index in [1.165, 1.54) is 12.5 Å². The van der Waals surface area contributed by atoms with Crippen LogP contribution < -0.4 is 16.0 Å². The van der Waals surface area contributed by atoms with Crippen molar-refractivity contribution in [1.29, 1.82) is 0 Å². The van der Waals surface area contributed by atoms with Crippen LogP contribution in [-0.4, -0.2) is 11.9 Å². The van der Waals surface area contributed by atoms with Gasteiger partial charge in [-0.05, 0) is 49.1 Å². The number of amides is 3. The standard InChI is InChI=1S/C20H25N3O2/c1-5-16-7-9-17(10-8-16)14(3)21-20(25)23-18-11-6-13(2)19(12-18)22-15(4)24/h6-12,14H,5H2,1-4H3,(H,22,24)(H2,21,23,25). The van der Waals surface area contributed by atoms with E-state index in [-0.39, 0.29) is 18.0 Å². The zero-order valence-corrected chi connectivity index (χ0v) is 15.1. The van der Waals surface area contributed by atoms with E-state index in [0.717, 1.165) is 17.5 Å². The Morgan fingerprint density at radius 3 is 2.32 bits per heavy atom. The largest absolute Gasteiger partial charge is 0.331 e. The topological polar surface area (TPSA) is 70.2 Å². The van der Waals surface area contributed by atoms with Crippen LogP contribution in [0.4, 0.5) is 16.2 Å². The van der Waals surface area contributed by atoms with E-state index in [1.807, 2.05) is 32.0 Å². The zero-order valence-electron chi connectivity index (χ0n) is 15.1. The summed E-state index contributed by atoms with van der Waals surface area (Å²) in [5, 5.41) is 8.48.